The first kappa shape index (κ1) is 21.3. The minimum absolute atomic E-state index is 0.0569. The van der Waals surface area contributed by atoms with Gasteiger partial charge in [-0.15, -0.1) is 0 Å². The molecule has 0 N–H and O–H groups in total. The van der Waals surface area contributed by atoms with E-state index in [1.165, 1.54) is 12.3 Å². The van der Waals surface area contributed by atoms with Gasteiger partial charge in [-0.1, -0.05) is 6.92 Å². The molecule has 6 nitrogen and oxygen atoms in total. The molecule has 150 valence electrons. The topological polar surface area (TPSA) is 68.6 Å². The van der Waals surface area contributed by atoms with Gasteiger partial charge in [0.2, 0.25) is 5.43 Å². The van der Waals surface area contributed by atoms with E-state index < -0.39 is 23.0 Å². The zero-order chi connectivity index (χ0) is 21.0. The number of ether oxygens (including phenoxy) is 1. The lowest BCUT2D eigenvalue weighted by atomic mass is 9.95. The number of aromatic nitrogens is 1. The van der Waals surface area contributed by atoms with Crippen LogP contribution >= 0.6 is 0 Å². The second-order valence-corrected chi connectivity index (χ2v) is 6.48. The third-order valence-electron chi connectivity index (χ3n) is 4.37. The molecule has 0 radical (unpaired) electrons. The van der Waals surface area contributed by atoms with Crippen molar-refractivity contribution in [1.29, 1.82) is 0 Å². The number of hydrogen-bond acceptors (Lipinski definition) is 5. The fourth-order valence-corrected chi connectivity index (χ4v) is 3.13. The minimum atomic E-state index is -0.779. The molecule has 0 aliphatic carbocycles. The van der Waals surface area contributed by atoms with Gasteiger partial charge in [-0.25, -0.2) is 9.18 Å². The molecule has 0 saturated carbocycles. The molecule has 0 aliphatic heterocycles. The molecule has 0 unspecified atom stereocenters. The third-order valence-corrected chi connectivity index (χ3v) is 4.37. The number of ketones is 1. The zero-order valence-corrected chi connectivity index (χ0v) is 16.8. The number of carbonyl (C=O) groups is 2. The van der Waals surface area contributed by atoms with Crippen molar-refractivity contribution in [3.8, 4) is 0 Å². The zero-order valence-electron chi connectivity index (χ0n) is 16.8. The number of esters is 1. The lowest BCUT2D eigenvalue weighted by Crippen LogP contribution is -2.22. The number of allylic oxidation sites excluding steroid dienone is 1. The molecule has 0 bridgehead atoms. The molecular formula is C21H25FN2O4. The SMILES string of the molecule is CCOC(=O)c1cn(CC)c2c(CC)c(C(=O)/C=C/N(C)C)c(F)cc2c1=O. The van der Waals surface area contributed by atoms with Gasteiger partial charge in [-0.05, 0) is 31.9 Å². The number of rotatable bonds is 7. The molecule has 0 atom stereocenters. The maximum Gasteiger partial charge on any atom is 0.343 e. The van der Waals surface area contributed by atoms with Crippen LogP contribution in [0.3, 0.4) is 0 Å². The highest BCUT2D eigenvalue weighted by molar-refractivity contribution is 6.09. The van der Waals surface area contributed by atoms with Crippen LogP contribution in [0.2, 0.25) is 0 Å². The molecule has 2 rings (SSSR count). The van der Waals surface area contributed by atoms with Gasteiger partial charge in [0.1, 0.15) is 11.4 Å². The fourth-order valence-electron chi connectivity index (χ4n) is 3.13. The van der Waals surface area contributed by atoms with Crippen LogP contribution in [0.4, 0.5) is 4.39 Å². The molecule has 0 spiro atoms. The van der Waals surface area contributed by atoms with E-state index in [9.17, 15) is 18.8 Å². The number of fused-ring (bicyclic) bond motifs is 1. The summed E-state index contributed by atoms with van der Waals surface area (Å²) in [5, 5.41) is 0.0647. The summed E-state index contributed by atoms with van der Waals surface area (Å²) in [6, 6.07) is 1.04. The van der Waals surface area contributed by atoms with E-state index in [1.54, 1.807) is 43.6 Å². The van der Waals surface area contributed by atoms with Crippen LogP contribution in [0.15, 0.2) is 29.3 Å². The Kier molecular flexibility index (Phi) is 6.72. The Morgan fingerprint density at radius 2 is 1.93 bits per heavy atom. The van der Waals surface area contributed by atoms with Crippen molar-refractivity contribution in [1.82, 2.24) is 9.47 Å². The van der Waals surface area contributed by atoms with Crippen LogP contribution in [-0.4, -0.2) is 41.9 Å². The highest BCUT2D eigenvalue weighted by atomic mass is 19.1. The monoisotopic (exact) mass is 388 g/mol. The van der Waals surface area contributed by atoms with Crippen LogP contribution in [0.25, 0.3) is 10.9 Å². The van der Waals surface area contributed by atoms with Crippen LogP contribution in [0, 0.1) is 5.82 Å². The molecule has 1 aromatic heterocycles. The summed E-state index contributed by atoms with van der Waals surface area (Å²) in [6.45, 7) is 5.84. The number of halogens is 1. The summed E-state index contributed by atoms with van der Waals surface area (Å²) in [7, 11) is 3.51. The van der Waals surface area contributed by atoms with E-state index in [1.807, 2.05) is 6.92 Å². The number of benzene rings is 1. The van der Waals surface area contributed by atoms with Crippen molar-refractivity contribution in [3.63, 3.8) is 0 Å². The number of hydrogen-bond donors (Lipinski definition) is 0. The Labute approximate surface area is 163 Å². The Hall–Kier alpha value is -2.96. The van der Waals surface area contributed by atoms with Crippen molar-refractivity contribution in [2.75, 3.05) is 20.7 Å². The second kappa shape index (κ2) is 8.82. The molecular weight excluding hydrogens is 363 g/mol. The first-order valence-corrected chi connectivity index (χ1v) is 9.21. The Morgan fingerprint density at radius 3 is 2.46 bits per heavy atom. The lowest BCUT2D eigenvalue weighted by Gasteiger charge is -2.17. The van der Waals surface area contributed by atoms with Crippen LogP contribution < -0.4 is 5.43 Å². The third kappa shape index (κ3) is 3.98. The predicted octanol–water partition coefficient (Wildman–Crippen LogP) is 3.16. The van der Waals surface area contributed by atoms with Crippen LogP contribution in [-0.2, 0) is 17.7 Å². The highest BCUT2D eigenvalue weighted by Crippen LogP contribution is 2.26. The van der Waals surface area contributed by atoms with Crippen molar-refractivity contribution in [2.24, 2.45) is 0 Å². The van der Waals surface area contributed by atoms with E-state index in [2.05, 4.69) is 0 Å². The van der Waals surface area contributed by atoms with Crippen LogP contribution in [0.1, 0.15) is 47.1 Å². The maximum absolute atomic E-state index is 14.9. The van der Waals surface area contributed by atoms with Gasteiger partial charge < -0.3 is 14.2 Å². The Morgan fingerprint density at radius 1 is 1.25 bits per heavy atom. The predicted molar refractivity (Wildman–Crippen MR) is 106 cm³/mol. The summed E-state index contributed by atoms with van der Waals surface area (Å²) >= 11 is 0. The number of carbonyl (C=O) groups excluding carboxylic acids is 2. The van der Waals surface area contributed by atoms with E-state index in [-0.39, 0.29) is 23.1 Å². The van der Waals surface area contributed by atoms with Gasteiger partial charge in [-0.3, -0.25) is 9.59 Å². The van der Waals surface area contributed by atoms with Gasteiger partial charge in [0.15, 0.2) is 5.78 Å². The maximum atomic E-state index is 14.9. The van der Waals surface area contributed by atoms with E-state index >= 15 is 0 Å². The standard InChI is InChI=1S/C21H25FN2O4/c1-6-13-18(17(25)9-10-23(4)5)16(22)11-14-19(13)24(7-2)12-15(20(14)26)21(27)28-8-3/h9-12H,6-8H2,1-5H3/b10-9+. The molecule has 7 heteroatoms. The van der Waals surface area contributed by atoms with Gasteiger partial charge in [0, 0.05) is 44.5 Å². The largest absolute Gasteiger partial charge is 0.462 e. The quantitative estimate of drug-likeness (QED) is 0.414. The molecule has 1 aromatic carbocycles. The first-order valence-electron chi connectivity index (χ1n) is 9.21. The van der Waals surface area contributed by atoms with E-state index in [0.29, 0.717) is 24.0 Å². The molecule has 0 aliphatic rings. The smallest absolute Gasteiger partial charge is 0.343 e. The summed E-state index contributed by atoms with van der Waals surface area (Å²) in [5.74, 6) is -2.00. The number of nitrogens with zero attached hydrogens (tertiary/aromatic N) is 2. The average Bonchev–Trinajstić information content (AvgIpc) is 2.65. The summed E-state index contributed by atoms with van der Waals surface area (Å²) < 4.78 is 21.5. The van der Waals surface area contributed by atoms with Crippen LogP contribution in [0.5, 0.6) is 0 Å². The molecule has 2 aromatic rings. The molecule has 28 heavy (non-hydrogen) atoms. The minimum Gasteiger partial charge on any atom is -0.462 e. The molecule has 0 fully saturated rings. The number of pyridine rings is 1. The van der Waals surface area contributed by atoms with Crippen molar-refractivity contribution in [3.05, 3.63) is 57.3 Å². The molecule has 0 amide bonds. The normalized spacial score (nSPS) is 11.2. The van der Waals surface area contributed by atoms with Crippen molar-refractivity contribution in [2.45, 2.75) is 33.7 Å². The number of aryl methyl sites for hydroxylation is 2. The van der Waals surface area contributed by atoms with Gasteiger partial charge >= 0.3 is 5.97 Å². The Balaban J connectivity index is 2.87. The van der Waals surface area contributed by atoms with Gasteiger partial charge in [0.25, 0.3) is 0 Å². The van der Waals surface area contributed by atoms with E-state index in [4.69, 9.17) is 4.74 Å². The van der Waals surface area contributed by atoms with E-state index in [0.717, 1.165) is 6.07 Å². The van der Waals surface area contributed by atoms with Gasteiger partial charge in [0.05, 0.1) is 17.7 Å². The lowest BCUT2D eigenvalue weighted by molar-refractivity contribution is 0.0524. The first-order chi connectivity index (χ1) is 13.3. The molecule has 1 heterocycles. The summed E-state index contributed by atoms with van der Waals surface area (Å²) in [5.41, 5.74) is 0.0983. The Bertz CT molecular complexity index is 1010. The summed E-state index contributed by atoms with van der Waals surface area (Å²) in [4.78, 5) is 39.3. The highest BCUT2D eigenvalue weighted by Gasteiger charge is 2.23. The fraction of sp³-hybridized carbons (Fsp3) is 0.381. The van der Waals surface area contributed by atoms with Crippen molar-refractivity contribution < 1.29 is 18.7 Å². The average molecular weight is 388 g/mol. The molecule has 0 saturated heterocycles. The van der Waals surface area contributed by atoms with Gasteiger partial charge in [-0.2, -0.15) is 0 Å². The second-order valence-electron chi connectivity index (χ2n) is 6.48. The van der Waals surface area contributed by atoms with Crippen molar-refractivity contribution >= 4 is 22.7 Å². The summed E-state index contributed by atoms with van der Waals surface area (Å²) in [6.07, 6.45) is 4.61.